The zero-order valence-corrected chi connectivity index (χ0v) is 27.4. The van der Waals surface area contributed by atoms with Gasteiger partial charge in [-0.2, -0.15) is 4.57 Å². The topological polar surface area (TPSA) is 218 Å². The van der Waals surface area contributed by atoms with E-state index in [9.17, 15) is 24.3 Å². The van der Waals surface area contributed by atoms with E-state index in [2.05, 4.69) is 37.0 Å². The van der Waals surface area contributed by atoms with Gasteiger partial charge < -0.3 is 30.6 Å². The summed E-state index contributed by atoms with van der Waals surface area (Å²) >= 11 is 3.47. The Morgan fingerprint density at radius 3 is 2.53 bits per heavy atom. The third kappa shape index (κ3) is 6.28. The third-order valence-electron chi connectivity index (χ3n) is 7.56. The van der Waals surface area contributed by atoms with E-state index in [0.29, 0.717) is 17.9 Å². The van der Waals surface area contributed by atoms with Gasteiger partial charge in [0.05, 0.1) is 11.7 Å². The number of thiazole rings is 2. The highest BCUT2D eigenvalue weighted by atomic mass is 32.2. The molecule has 5 heterocycles. The van der Waals surface area contributed by atoms with E-state index >= 15 is 0 Å². The first-order valence-corrected chi connectivity index (χ1v) is 16.9. The van der Waals surface area contributed by atoms with Crippen molar-refractivity contribution in [3.63, 3.8) is 0 Å². The Balaban J connectivity index is 1.15. The monoisotopic (exact) mass is 697 g/mol. The predicted molar refractivity (Wildman–Crippen MR) is 170 cm³/mol. The van der Waals surface area contributed by atoms with Gasteiger partial charge in [-0.25, -0.2) is 9.97 Å². The summed E-state index contributed by atoms with van der Waals surface area (Å²) in [6, 6.07) is 2.98. The van der Waals surface area contributed by atoms with Crippen LogP contribution in [0.4, 0.5) is 10.3 Å². The highest BCUT2D eigenvalue weighted by Crippen LogP contribution is 2.40. The molecule has 3 aliphatic rings. The second-order valence-corrected chi connectivity index (χ2v) is 13.2. The number of β-lactam (4-membered cyclic amide) rings is 1. The number of nitrogens with zero attached hydrogens (tertiary/aromatic N) is 6. The van der Waals surface area contributed by atoms with Gasteiger partial charge in [0.2, 0.25) is 0 Å². The smallest absolute Gasteiger partial charge is 0.281 e. The van der Waals surface area contributed by atoms with Gasteiger partial charge in [-0.15, -0.1) is 34.4 Å². The second-order valence-electron chi connectivity index (χ2n) is 10.4. The van der Waals surface area contributed by atoms with Gasteiger partial charge in [-0.05, 0) is 18.9 Å². The van der Waals surface area contributed by atoms with Crippen LogP contribution in [0.25, 0.3) is 0 Å². The summed E-state index contributed by atoms with van der Waals surface area (Å²) in [6.07, 6.45) is 4.83. The molecular formula is C28H27N9O7S3. The fourth-order valence-electron chi connectivity index (χ4n) is 5.55. The number of amides is 3. The lowest BCUT2D eigenvalue weighted by Crippen LogP contribution is -2.71. The summed E-state index contributed by atoms with van der Waals surface area (Å²) in [4.78, 5) is 71.0. The average molecular weight is 698 g/mol. The van der Waals surface area contributed by atoms with Crippen LogP contribution in [0, 0.1) is 0 Å². The lowest BCUT2D eigenvalue weighted by atomic mass is 10.0. The van der Waals surface area contributed by atoms with Crippen LogP contribution in [0.5, 0.6) is 0 Å². The number of nitrogens with two attached hydrogens (primary N) is 1. The number of aliphatic carboxylic acids is 1. The van der Waals surface area contributed by atoms with Crippen molar-refractivity contribution in [2.24, 2.45) is 10.3 Å². The number of fused-ring (bicyclic) bond motifs is 2. The molecule has 1 aliphatic carbocycles. The molecule has 3 aromatic rings. The Labute approximate surface area is 279 Å². The van der Waals surface area contributed by atoms with Crippen molar-refractivity contribution in [2.45, 2.75) is 37.2 Å². The van der Waals surface area contributed by atoms with E-state index < -0.39 is 35.1 Å². The molecule has 3 amide bonds. The standard InChI is InChI=1S/C28H27N9O7S3/c1-43-34-18(15-11-46-27(29)30-15)23(39)33-28-31-16(12-47-28)19(35-44-2)22(38)32-20-24(40)37-21(26(41)42)14(10-45-25(20)37)9-36-8-4-6-13-5-3-7-17(13)36/h4,6,8,11-12,20,25H,3,5,7,9-10H2,1-2H3,(H4-,29,30,31,32,33,38,39,41,42)/b34-18-,35-19-/t20-,25-/m1/s1. The van der Waals surface area contributed by atoms with Crippen molar-refractivity contribution in [1.82, 2.24) is 20.2 Å². The quantitative estimate of drug-likeness (QED) is 0.0995. The molecule has 19 heteroatoms. The number of carboxylic acids is 1. The van der Waals surface area contributed by atoms with Crippen LogP contribution in [0.1, 0.15) is 29.1 Å². The molecule has 0 bridgehead atoms. The first-order valence-electron chi connectivity index (χ1n) is 14.1. The molecule has 1 saturated heterocycles. The van der Waals surface area contributed by atoms with Crippen molar-refractivity contribution in [2.75, 3.05) is 31.0 Å². The summed E-state index contributed by atoms with van der Waals surface area (Å²) in [7, 11) is 2.51. The number of pyridine rings is 1. The lowest BCUT2D eigenvalue weighted by molar-refractivity contribution is -0.696. The van der Waals surface area contributed by atoms with Crippen LogP contribution in [-0.2, 0) is 48.2 Å². The van der Waals surface area contributed by atoms with Crippen LogP contribution >= 0.6 is 34.4 Å². The van der Waals surface area contributed by atoms with Crippen molar-refractivity contribution in [3.8, 4) is 0 Å². The number of hydrogen-bond acceptors (Lipinski definition) is 15. The molecular weight excluding hydrogens is 671 g/mol. The first kappa shape index (κ1) is 32.1. The summed E-state index contributed by atoms with van der Waals surface area (Å²) in [5.74, 6) is -3.18. The van der Waals surface area contributed by atoms with Crippen LogP contribution in [0.2, 0.25) is 0 Å². The Morgan fingerprint density at radius 2 is 1.83 bits per heavy atom. The van der Waals surface area contributed by atoms with Crippen LogP contribution in [0.3, 0.4) is 0 Å². The number of thioether (sulfide) groups is 1. The highest BCUT2D eigenvalue weighted by Gasteiger charge is 2.53. The van der Waals surface area contributed by atoms with Crippen LogP contribution < -0.4 is 26.0 Å². The molecule has 16 nitrogen and oxygen atoms in total. The molecule has 0 saturated carbocycles. The molecule has 0 spiro atoms. The SMILES string of the molecule is CO/N=C(\C(=O)Nc1nc(/C(=N/OC)C(=O)N[C@@H]2C(=O)N3C(C(=O)[O-])=C(C[n+]4cccc5c4CCC5)CS[C@H]23)cs1)c1csc(N)n1. The van der Waals surface area contributed by atoms with Gasteiger partial charge in [0.15, 0.2) is 40.1 Å². The molecule has 0 aromatic carbocycles. The molecule has 4 N–H and O–H groups in total. The fraction of sp³-hybridized carbons (Fsp3) is 0.321. The lowest BCUT2D eigenvalue weighted by Gasteiger charge is -2.50. The van der Waals surface area contributed by atoms with E-state index in [0.717, 1.165) is 47.6 Å². The third-order valence-corrected chi connectivity index (χ3v) is 10.3. The van der Waals surface area contributed by atoms with Gasteiger partial charge in [0, 0.05) is 40.1 Å². The van der Waals surface area contributed by atoms with Crippen LogP contribution in [-0.4, -0.2) is 81.4 Å². The Hall–Kier alpha value is -4.88. The number of carboxylic acid groups (broad SMARTS) is 1. The zero-order valence-electron chi connectivity index (χ0n) is 24.9. The number of carbonyl (C=O) groups is 4. The van der Waals surface area contributed by atoms with E-state index in [1.807, 2.05) is 16.8 Å². The number of aromatic nitrogens is 3. The van der Waals surface area contributed by atoms with Crippen molar-refractivity contribution < 1.29 is 38.5 Å². The summed E-state index contributed by atoms with van der Waals surface area (Å²) in [5, 5.41) is 27.7. The number of oxime groups is 2. The molecule has 1 fully saturated rings. The molecule has 244 valence electrons. The van der Waals surface area contributed by atoms with E-state index in [-0.39, 0.29) is 38.8 Å². The van der Waals surface area contributed by atoms with Crippen molar-refractivity contribution in [3.05, 3.63) is 63.0 Å². The van der Waals surface area contributed by atoms with Gasteiger partial charge in [0.25, 0.3) is 17.7 Å². The molecule has 47 heavy (non-hydrogen) atoms. The number of carbonyl (C=O) groups excluding carboxylic acids is 4. The number of rotatable bonds is 11. The number of nitrogens with one attached hydrogen (secondary N) is 2. The van der Waals surface area contributed by atoms with Gasteiger partial charge in [-0.3, -0.25) is 24.6 Å². The summed E-state index contributed by atoms with van der Waals surface area (Å²) in [6.45, 7) is 0.316. The maximum atomic E-state index is 13.4. The van der Waals surface area contributed by atoms with E-state index in [4.69, 9.17) is 15.4 Å². The molecule has 0 unspecified atom stereocenters. The van der Waals surface area contributed by atoms with E-state index in [1.54, 1.807) is 5.38 Å². The molecule has 2 aliphatic heterocycles. The number of aryl methyl sites for hydroxylation is 1. The van der Waals surface area contributed by atoms with E-state index in [1.165, 1.54) is 41.8 Å². The van der Waals surface area contributed by atoms with Gasteiger partial charge in [0.1, 0.15) is 37.0 Å². The number of nitrogen functional groups attached to an aromatic ring is 1. The summed E-state index contributed by atoms with van der Waals surface area (Å²) in [5.41, 5.74) is 8.31. The normalized spacial score (nSPS) is 19.1. The molecule has 3 aromatic heterocycles. The second kappa shape index (κ2) is 13.5. The Bertz CT molecular complexity index is 1870. The highest BCUT2D eigenvalue weighted by molar-refractivity contribution is 8.00. The minimum absolute atomic E-state index is 0.0535. The molecule has 2 atom stereocenters. The van der Waals surface area contributed by atoms with Crippen molar-refractivity contribution >= 4 is 79.8 Å². The van der Waals surface area contributed by atoms with Gasteiger partial charge >= 0.3 is 0 Å². The van der Waals surface area contributed by atoms with Crippen molar-refractivity contribution in [1.29, 1.82) is 0 Å². The minimum atomic E-state index is -1.45. The van der Waals surface area contributed by atoms with Crippen LogP contribution in [0.15, 0.2) is 50.7 Å². The fourth-order valence-corrected chi connectivity index (χ4v) is 8.13. The molecule has 6 rings (SSSR count). The molecule has 0 radical (unpaired) electrons. The van der Waals surface area contributed by atoms with Gasteiger partial charge in [-0.1, -0.05) is 10.3 Å². The minimum Gasteiger partial charge on any atom is -0.543 e. The average Bonchev–Trinajstić information content (AvgIpc) is 3.82. The summed E-state index contributed by atoms with van der Waals surface area (Å²) < 4.78 is 2.03. The Kier molecular flexibility index (Phi) is 9.19. The number of hydrogen-bond donors (Lipinski definition) is 3. The largest absolute Gasteiger partial charge is 0.543 e. The maximum absolute atomic E-state index is 13.4. The first-order chi connectivity index (χ1) is 22.7. The number of anilines is 2. The maximum Gasteiger partial charge on any atom is 0.281 e. The Morgan fingerprint density at radius 1 is 1.11 bits per heavy atom. The predicted octanol–water partition coefficient (Wildman–Crippen LogP) is -0.598. The zero-order chi connectivity index (χ0) is 33.2.